The Bertz CT molecular complexity index is 715. The van der Waals surface area contributed by atoms with Crippen LogP contribution in [0.15, 0.2) is 53.6 Å². The first kappa shape index (κ1) is 13.4. The van der Waals surface area contributed by atoms with Crippen molar-refractivity contribution < 1.29 is 8.42 Å². The lowest BCUT2D eigenvalue weighted by molar-refractivity contribution is 0.589. The topological polar surface area (TPSA) is 50.3 Å². The Morgan fingerprint density at radius 1 is 1.10 bits per heavy atom. The Balaban J connectivity index is 2.10. The van der Waals surface area contributed by atoms with Gasteiger partial charge in [0.05, 0.1) is 5.02 Å². The molecule has 3 rings (SSSR count). The first-order valence-electron chi connectivity index (χ1n) is 6.31. The minimum atomic E-state index is -3.68. The molecule has 2 aromatic rings. The van der Waals surface area contributed by atoms with Crippen molar-refractivity contribution in [2.45, 2.75) is 23.8 Å². The van der Waals surface area contributed by atoms with Gasteiger partial charge < -0.3 is 0 Å². The van der Waals surface area contributed by atoms with Crippen molar-refractivity contribution in [2.75, 3.05) is 4.31 Å². The average molecular weight is 309 g/mol. The van der Waals surface area contributed by atoms with Crippen LogP contribution in [0.25, 0.3) is 0 Å². The molecule has 20 heavy (non-hydrogen) atoms. The number of anilines is 1. The molecule has 1 saturated carbocycles. The van der Waals surface area contributed by atoms with Gasteiger partial charge in [0.25, 0.3) is 10.0 Å². The number of halogens is 1. The number of hydrogen-bond acceptors (Lipinski definition) is 3. The Kier molecular flexibility index (Phi) is 3.40. The van der Waals surface area contributed by atoms with Crippen LogP contribution in [0.1, 0.15) is 12.8 Å². The van der Waals surface area contributed by atoms with E-state index in [0.29, 0.717) is 5.82 Å². The second-order valence-electron chi connectivity index (χ2n) is 4.65. The second kappa shape index (κ2) is 5.07. The molecule has 0 amide bonds. The molecule has 104 valence electrons. The quantitative estimate of drug-likeness (QED) is 0.872. The van der Waals surface area contributed by atoms with Gasteiger partial charge in [0.1, 0.15) is 10.7 Å². The van der Waals surface area contributed by atoms with Gasteiger partial charge in [-0.15, -0.1) is 0 Å². The average Bonchev–Trinajstić information content (AvgIpc) is 3.25. The van der Waals surface area contributed by atoms with Crippen molar-refractivity contribution in [1.82, 2.24) is 4.98 Å². The van der Waals surface area contributed by atoms with E-state index >= 15 is 0 Å². The molecule has 0 aliphatic heterocycles. The van der Waals surface area contributed by atoms with Crippen LogP contribution in [0.3, 0.4) is 0 Å². The van der Waals surface area contributed by atoms with Crippen LogP contribution in [0, 0.1) is 0 Å². The highest BCUT2D eigenvalue weighted by atomic mass is 35.5. The van der Waals surface area contributed by atoms with Crippen LogP contribution >= 0.6 is 11.6 Å². The van der Waals surface area contributed by atoms with Gasteiger partial charge in [-0.2, -0.15) is 0 Å². The fourth-order valence-corrected chi connectivity index (χ4v) is 4.22. The molecule has 0 unspecified atom stereocenters. The standard InChI is InChI=1S/C14H13ClN2O2S/c15-12-5-1-2-6-13(12)20(18,19)17(11-8-9-11)14-7-3-4-10-16-14/h1-7,10-11H,8-9H2. The molecular weight excluding hydrogens is 296 g/mol. The van der Waals surface area contributed by atoms with Gasteiger partial charge in [-0.1, -0.05) is 29.8 Å². The Morgan fingerprint density at radius 2 is 1.80 bits per heavy atom. The van der Waals surface area contributed by atoms with Crippen molar-refractivity contribution in [3.05, 3.63) is 53.7 Å². The number of benzene rings is 1. The lowest BCUT2D eigenvalue weighted by Gasteiger charge is -2.23. The summed E-state index contributed by atoms with van der Waals surface area (Å²) in [6.07, 6.45) is 3.29. The Labute approximate surface area is 123 Å². The lowest BCUT2D eigenvalue weighted by Crippen LogP contribution is -2.33. The van der Waals surface area contributed by atoms with Crippen LogP contribution in [0.5, 0.6) is 0 Å². The molecule has 1 fully saturated rings. The summed E-state index contributed by atoms with van der Waals surface area (Å²) in [5.41, 5.74) is 0. The molecule has 4 nitrogen and oxygen atoms in total. The highest BCUT2D eigenvalue weighted by Gasteiger charge is 2.39. The maximum Gasteiger partial charge on any atom is 0.267 e. The molecule has 0 N–H and O–H groups in total. The number of pyridine rings is 1. The largest absolute Gasteiger partial charge is 0.267 e. The van der Waals surface area contributed by atoms with Gasteiger partial charge in [-0.05, 0) is 37.1 Å². The molecule has 0 bridgehead atoms. The zero-order valence-electron chi connectivity index (χ0n) is 10.6. The third kappa shape index (κ3) is 2.39. The minimum Gasteiger partial charge on any atom is -0.247 e. The van der Waals surface area contributed by atoms with Gasteiger partial charge in [0.15, 0.2) is 0 Å². The smallest absolute Gasteiger partial charge is 0.247 e. The van der Waals surface area contributed by atoms with E-state index in [4.69, 9.17) is 11.6 Å². The molecule has 1 aliphatic carbocycles. The Hall–Kier alpha value is -1.59. The van der Waals surface area contributed by atoms with E-state index in [9.17, 15) is 8.42 Å². The molecule has 6 heteroatoms. The van der Waals surface area contributed by atoms with Crippen LogP contribution in [0.4, 0.5) is 5.82 Å². The molecule has 0 radical (unpaired) electrons. The molecule has 1 aromatic heterocycles. The number of sulfonamides is 1. The summed E-state index contributed by atoms with van der Waals surface area (Å²) in [6, 6.07) is 11.7. The van der Waals surface area contributed by atoms with Crippen molar-refractivity contribution >= 4 is 27.4 Å². The zero-order chi connectivity index (χ0) is 14.2. The Morgan fingerprint density at radius 3 is 2.40 bits per heavy atom. The third-order valence-corrected chi connectivity index (χ3v) is 5.48. The highest BCUT2D eigenvalue weighted by molar-refractivity contribution is 7.93. The van der Waals surface area contributed by atoms with Crippen LogP contribution in [-0.4, -0.2) is 19.4 Å². The van der Waals surface area contributed by atoms with E-state index in [-0.39, 0.29) is 16.0 Å². The highest BCUT2D eigenvalue weighted by Crippen LogP contribution is 2.36. The second-order valence-corrected chi connectivity index (χ2v) is 6.84. The molecule has 1 heterocycles. The summed E-state index contributed by atoms with van der Waals surface area (Å²) in [7, 11) is -3.68. The monoisotopic (exact) mass is 308 g/mol. The van der Waals surface area contributed by atoms with E-state index in [0.717, 1.165) is 12.8 Å². The summed E-state index contributed by atoms with van der Waals surface area (Å²) in [6.45, 7) is 0. The van der Waals surface area contributed by atoms with E-state index in [2.05, 4.69) is 4.98 Å². The molecule has 0 spiro atoms. The van der Waals surface area contributed by atoms with E-state index in [1.165, 1.54) is 10.4 Å². The van der Waals surface area contributed by atoms with Crippen molar-refractivity contribution in [3.8, 4) is 0 Å². The van der Waals surface area contributed by atoms with Gasteiger partial charge in [-0.25, -0.2) is 17.7 Å². The molecular formula is C14H13ClN2O2S. The maximum atomic E-state index is 12.8. The number of nitrogens with zero attached hydrogens (tertiary/aromatic N) is 2. The van der Waals surface area contributed by atoms with Gasteiger partial charge in [-0.3, -0.25) is 0 Å². The van der Waals surface area contributed by atoms with E-state index in [1.807, 2.05) is 0 Å². The minimum absolute atomic E-state index is 0.0221. The van der Waals surface area contributed by atoms with Gasteiger partial charge in [0, 0.05) is 12.2 Å². The summed E-state index contributed by atoms with van der Waals surface area (Å²) < 4.78 is 27.1. The van der Waals surface area contributed by atoms with Crippen LogP contribution < -0.4 is 4.31 Å². The third-order valence-electron chi connectivity index (χ3n) is 3.13. The van der Waals surface area contributed by atoms with Gasteiger partial charge >= 0.3 is 0 Å². The van der Waals surface area contributed by atoms with Crippen molar-refractivity contribution in [2.24, 2.45) is 0 Å². The fraction of sp³-hybridized carbons (Fsp3) is 0.214. The van der Waals surface area contributed by atoms with Crippen LogP contribution in [0.2, 0.25) is 5.02 Å². The van der Waals surface area contributed by atoms with Crippen molar-refractivity contribution in [3.63, 3.8) is 0 Å². The zero-order valence-corrected chi connectivity index (χ0v) is 12.2. The van der Waals surface area contributed by atoms with E-state index < -0.39 is 10.0 Å². The van der Waals surface area contributed by atoms with E-state index in [1.54, 1.807) is 42.6 Å². The van der Waals surface area contributed by atoms with Crippen molar-refractivity contribution in [1.29, 1.82) is 0 Å². The lowest BCUT2D eigenvalue weighted by atomic mass is 10.4. The van der Waals surface area contributed by atoms with Crippen LogP contribution in [-0.2, 0) is 10.0 Å². The molecule has 1 aromatic carbocycles. The summed E-state index contributed by atoms with van der Waals surface area (Å²) >= 11 is 6.04. The number of hydrogen-bond donors (Lipinski definition) is 0. The normalized spacial score (nSPS) is 15.1. The molecule has 0 atom stereocenters. The number of rotatable bonds is 4. The fourth-order valence-electron chi connectivity index (χ4n) is 2.06. The first-order chi connectivity index (χ1) is 9.60. The predicted octanol–water partition coefficient (Wildman–Crippen LogP) is 3.09. The first-order valence-corrected chi connectivity index (χ1v) is 8.12. The predicted molar refractivity (Wildman–Crippen MR) is 78.4 cm³/mol. The van der Waals surface area contributed by atoms with Gasteiger partial charge in [0.2, 0.25) is 0 Å². The summed E-state index contributed by atoms with van der Waals surface area (Å²) in [5.74, 6) is 0.440. The molecule has 1 aliphatic rings. The SMILES string of the molecule is O=S(=O)(c1ccccc1Cl)N(c1ccccn1)C1CC1. The molecule has 0 saturated heterocycles. The summed E-state index contributed by atoms with van der Waals surface area (Å²) in [4.78, 5) is 4.29. The number of aromatic nitrogens is 1. The summed E-state index contributed by atoms with van der Waals surface area (Å²) in [5, 5.41) is 0.231. The maximum absolute atomic E-state index is 12.8.